The van der Waals surface area contributed by atoms with Crippen LogP contribution in [0, 0.1) is 0 Å². The highest BCUT2D eigenvalue weighted by molar-refractivity contribution is 5.67. The van der Waals surface area contributed by atoms with Gasteiger partial charge in [0.2, 0.25) is 0 Å². The molecule has 24 heavy (non-hydrogen) atoms. The van der Waals surface area contributed by atoms with Crippen molar-refractivity contribution in [2.24, 2.45) is 0 Å². The average molecular weight is 317 g/mol. The summed E-state index contributed by atoms with van der Waals surface area (Å²) < 4.78 is 0. The molecule has 1 N–H and O–H groups in total. The molecule has 3 aromatic rings. The SMILES string of the molecule is CCCC(C)Nc1cc(-c2ccccc2)nc(-c2ccccc2)n1. The molecule has 0 spiro atoms. The van der Waals surface area contributed by atoms with Gasteiger partial charge in [0.1, 0.15) is 5.82 Å². The van der Waals surface area contributed by atoms with E-state index in [-0.39, 0.29) is 0 Å². The highest BCUT2D eigenvalue weighted by Crippen LogP contribution is 2.24. The monoisotopic (exact) mass is 317 g/mol. The Labute approximate surface area is 143 Å². The molecule has 122 valence electrons. The fourth-order valence-electron chi connectivity index (χ4n) is 2.75. The zero-order valence-electron chi connectivity index (χ0n) is 14.2. The number of nitrogens with zero attached hydrogens (tertiary/aromatic N) is 2. The van der Waals surface area contributed by atoms with Gasteiger partial charge in [-0.1, -0.05) is 74.0 Å². The highest BCUT2D eigenvalue weighted by Gasteiger charge is 2.10. The number of nitrogens with one attached hydrogen (secondary N) is 1. The maximum atomic E-state index is 4.78. The lowest BCUT2D eigenvalue weighted by Gasteiger charge is -2.15. The fourth-order valence-corrected chi connectivity index (χ4v) is 2.75. The molecule has 3 rings (SSSR count). The zero-order chi connectivity index (χ0) is 16.8. The lowest BCUT2D eigenvalue weighted by atomic mass is 10.1. The first-order valence-electron chi connectivity index (χ1n) is 8.52. The maximum Gasteiger partial charge on any atom is 0.162 e. The van der Waals surface area contributed by atoms with Gasteiger partial charge in [-0.25, -0.2) is 9.97 Å². The molecular formula is C21H23N3. The van der Waals surface area contributed by atoms with Crippen LogP contribution in [0.3, 0.4) is 0 Å². The van der Waals surface area contributed by atoms with Crippen molar-refractivity contribution in [3.8, 4) is 22.6 Å². The maximum absolute atomic E-state index is 4.78. The van der Waals surface area contributed by atoms with Crippen LogP contribution in [0.15, 0.2) is 66.7 Å². The van der Waals surface area contributed by atoms with E-state index in [2.05, 4.69) is 31.3 Å². The van der Waals surface area contributed by atoms with Crippen LogP contribution in [-0.2, 0) is 0 Å². The van der Waals surface area contributed by atoms with Gasteiger partial charge in [-0.05, 0) is 13.3 Å². The van der Waals surface area contributed by atoms with Crippen LogP contribution < -0.4 is 5.32 Å². The summed E-state index contributed by atoms with van der Waals surface area (Å²) in [4.78, 5) is 9.51. The largest absolute Gasteiger partial charge is 0.367 e. The molecule has 1 heterocycles. The number of anilines is 1. The molecule has 0 saturated carbocycles. The van der Waals surface area contributed by atoms with E-state index in [0.29, 0.717) is 6.04 Å². The van der Waals surface area contributed by atoms with E-state index in [4.69, 9.17) is 9.97 Å². The molecule has 0 amide bonds. The molecule has 0 radical (unpaired) electrons. The van der Waals surface area contributed by atoms with E-state index in [1.165, 1.54) is 0 Å². The normalized spacial score (nSPS) is 11.9. The van der Waals surface area contributed by atoms with E-state index >= 15 is 0 Å². The summed E-state index contributed by atoms with van der Waals surface area (Å²) in [5, 5.41) is 3.51. The van der Waals surface area contributed by atoms with E-state index in [9.17, 15) is 0 Å². The molecular weight excluding hydrogens is 294 g/mol. The number of aromatic nitrogens is 2. The Kier molecular flexibility index (Phi) is 5.22. The van der Waals surface area contributed by atoms with Crippen molar-refractivity contribution in [1.82, 2.24) is 9.97 Å². The molecule has 1 unspecified atom stereocenters. The van der Waals surface area contributed by atoms with Gasteiger partial charge in [-0.2, -0.15) is 0 Å². The first-order valence-corrected chi connectivity index (χ1v) is 8.52. The fraction of sp³-hybridized carbons (Fsp3) is 0.238. The number of hydrogen-bond donors (Lipinski definition) is 1. The van der Waals surface area contributed by atoms with Gasteiger partial charge in [0, 0.05) is 23.2 Å². The molecule has 2 aromatic carbocycles. The van der Waals surface area contributed by atoms with Gasteiger partial charge in [0.25, 0.3) is 0 Å². The van der Waals surface area contributed by atoms with Crippen molar-refractivity contribution in [2.45, 2.75) is 32.7 Å². The second-order valence-corrected chi connectivity index (χ2v) is 6.03. The highest BCUT2D eigenvalue weighted by atomic mass is 15.0. The topological polar surface area (TPSA) is 37.8 Å². The van der Waals surface area contributed by atoms with Crippen LogP contribution in [0.25, 0.3) is 22.6 Å². The van der Waals surface area contributed by atoms with E-state index in [1.54, 1.807) is 0 Å². The second kappa shape index (κ2) is 7.73. The van der Waals surface area contributed by atoms with Crippen molar-refractivity contribution in [2.75, 3.05) is 5.32 Å². The van der Waals surface area contributed by atoms with Crippen LogP contribution in [0.5, 0.6) is 0 Å². The van der Waals surface area contributed by atoms with Crippen molar-refractivity contribution in [3.05, 3.63) is 66.7 Å². The minimum Gasteiger partial charge on any atom is -0.367 e. The Bertz CT molecular complexity index is 712. The third-order valence-corrected chi connectivity index (χ3v) is 3.94. The lowest BCUT2D eigenvalue weighted by Crippen LogP contribution is -2.16. The third-order valence-electron chi connectivity index (χ3n) is 3.94. The molecule has 0 saturated heterocycles. The third kappa shape index (κ3) is 3.99. The van der Waals surface area contributed by atoms with E-state index in [1.807, 2.05) is 54.6 Å². The minimum atomic E-state index is 0.386. The van der Waals surface area contributed by atoms with Gasteiger partial charge < -0.3 is 5.32 Å². The minimum absolute atomic E-state index is 0.386. The summed E-state index contributed by atoms with van der Waals surface area (Å²) in [6.45, 7) is 4.39. The summed E-state index contributed by atoms with van der Waals surface area (Å²) in [6, 6.07) is 22.8. The van der Waals surface area contributed by atoms with Crippen molar-refractivity contribution in [1.29, 1.82) is 0 Å². The van der Waals surface area contributed by atoms with Crippen LogP contribution in [0.1, 0.15) is 26.7 Å². The molecule has 0 aliphatic heterocycles. The van der Waals surface area contributed by atoms with Crippen LogP contribution in [0.4, 0.5) is 5.82 Å². The second-order valence-electron chi connectivity index (χ2n) is 6.03. The molecule has 1 atom stereocenters. The van der Waals surface area contributed by atoms with Gasteiger partial charge in [0.15, 0.2) is 5.82 Å². The Balaban J connectivity index is 2.02. The molecule has 0 bridgehead atoms. The van der Waals surface area contributed by atoms with E-state index in [0.717, 1.165) is 41.3 Å². The standard InChI is InChI=1S/C21H23N3/c1-3-10-16(2)22-20-15-19(17-11-6-4-7-12-17)23-21(24-20)18-13-8-5-9-14-18/h4-9,11-16H,3,10H2,1-2H3,(H,22,23,24). The molecule has 1 aromatic heterocycles. The average Bonchev–Trinajstić information content (AvgIpc) is 2.63. The molecule has 3 heteroatoms. The number of rotatable bonds is 6. The van der Waals surface area contributed by atoms with Crippen LogP contribution in [-0.4, -0.2) is 16.0 Å². The number of benzene rings is 2. The van der Waals surface area contributed by atoms with Gasteiger partial charge >= 0.3 is 0 Å². The Morgan fingerprint density at radius 1 is 0.875 bits per heavy atom. The predicted octanol–water partition coefficient (Wildman–Crippen LogP) is 5.41. The number of hydrogen-bond acceptors (Lipinski definition) is 3. The smallest absolute Gasteiger partial charge is 0.162 e. The van der Waals surface area contributed by atoms with Crippen LogP contribution >= 0.6 is 0 Å². The van der Waals surface area contributed by atoms with Crippen molar-refractivity contribution >= 4 is 5.82 Å². The molecule has 3 nitrogen and oxygen atoms in total. The first kappa shape index (κ1) is 16.2. The summed E-state index contributed by atoms with van der Waals surface area (Å²) in [5.74, 6) is 1.63. The first-order chi connectivity index (χ1) is 11.8. The van der Waals surface area contributed by atoms with E-state index < -0.39 is 0 Å². The molecule has 0 fully saturated rings. The zero-order valence-corrected chi connectivity index (χ0v) is 14.2. The van der Waals surface area contributed by atoms with Crippen molar-refractivity contribution < 1.29 is 0 Å². The van der Waals surface area contributed by atoms with Gasteiger partial charge in [-0.15, -0.1) is 0 Å². The summed E-state index contributed by atoms with van der Waals surface area (Å²) in [7, 11) is 0. The predicted molar refractivity (Wildman–Crippen MR) is 101 cm³/mol. The molecule has 0 aliphatic carbocycles. The Hall–Kier alpha value is -2.68. The van der Waals surface area contributed by atoms with Gasteiger partial charge in [0.05, 0.1) is 5.69 Å². The van der Waals surface area contributed by atoms with Crippen molar-refractivity contribution in [3.63, 3.8) is 0 Å². The van der Waals surface area contributed by atoms with Gasteiger partial charge in [-0.3, -0.25) is 0 Å². The lowest BCUT2D eigenvalue weighted by molar-refractivity contribution is 0.687. The summed E-state index contributed by atoms with van der Waals surface area (Å²) in [6.07, 6.45) is 2.27. The Morgan fingerprint density at radius 3 is 2.12 bits per heavy atom. The summed E-state index contributed by atoms with van der Waals surface area (Å²) in [5.41, 5.74) is 3.07. The van der Waals surface area contributed by atoms with Crippen LogP contribution in [0.2, 0.25) is 0 Å². The quantitative estimate of drug-likeness (QED) is 0.660. The summed E-state index contributed by atoms with van der Waals surface area (Å²) >= 11 is 0. The molecule has 0 aliphatic rings. The Morgan fingerprint density at radius 2 is 1.50 bits per heavy atom.